The van der Waals surface area contributed by atoms with Crippen LogP contribution in [0.3, 0.4) is 0 Å². The van der Waals surface area contributed by atoms with Gasteiger partial charge in [0.25, 0.3) is 5.56 Å². The molecule has 0 bridgehead atoms. The molecule has 1 saturated heterocycles. The molecule has 2 aromatic carbocycles. The van der Waals surface area contributed by atoms with Gasteiger partial charge in [-0.25, -0.2) is 4.98 Å². The van der Waals surface area contributed by atoms with Gasteiger partial charge in [0.1, 0.15) is 0 Å². The Bertz CT molecular complexity index is 1340. The highest BCUT2D eigenvalue weighted by atomic mass is 79.9. The Morgan fingerprint density at radius 3 is 2.51 bits per heavy atom. The van der Waals surface area contributed by atoms with Gasteiger partial charge in [0.2, 0.25) is 0 Å². The van der Waals surface area contributed by atoms with E-state index in [1.54, 1.807) is 25.1 Å². The van der Waals surface area contributed by atoms with E-state index in [1.165, 1.54) is 10.9 Å². The minimum Gasteiger partial charge on any atom is -0.299 e. The lowest BCUT2D eigenvalue weighted by molar-refractivity contribution is -0.138. The van der Waals surface area contributed by atoms with Crippen molar-refractivity contribution < 1.29 is 17.4 Å². The number of piperidine rings is 1. The van der Waals surface area contributed by atoms with E-state index in [1.807, 2.05) is 4.90 Å². The number of fused-ring (bicyclic) bond motifs is 1. The molecule has 1 aliphatic heterocycles. The summed E-state index contributed by atoms with van der Waals surface area (Å²) in [5, 5.41) is 0.275. The molecule has 188 valence electrons. The van der Waals surface area contributed by atoms with Crippen LogP contribution in [0.25, 0.3) is 10.9 Å². The zero-order valence-electron chi connectivity index (χ0n) is 19.0. The van der Waals surface area contributed by atoms with Crippen molar-refractivity contribution in [1.82, 2.24) is 14.5 Å². The summed E-state index contributed by atoms with van der Waals surface area (Å²) in [6, 6.07) is 5.78. The number of nitrogens with zero attached hydrogens (tertiary/aromatic N) is 3. The molecule has 0 radical (unpaired) electrons. The quantitative estimate of drug-likeness (QED) is 0.354. The fourth-order valence-corrected chi connectivity index (χ4v) is 6.19. The highest BCUT2D eigenvalue weighted by Crippen LogP contribution is 2.39. The molecule has 11 heteroatoms. The van der Waals surface area contributed by atoms with Gasteiger partial charge in [0.15, 0.2) is 0 Å². The van der Waals surface area contributed by atoms with E-state index in [4.69, 9.17) is 11.6 Å². The molecule has 2 heterocycles. The van der Waals surface area contributed by atoms with Gasteiger partial charge >= 0.3 is 6.18 Å². The Labute approximate surface area is 216 Å². The zero-order chi connectivity index (χ0) is 25.3. The zero-order valence-corrected chi connectivity index (χ0v) is 22.2. The molecule has 3 aromatic rings. The van der Waals surface area contributed by atoms with E-state index in [2.05, 4.69) is 20.9 Å². The van der Waals surface area contributed by atoms with Crippen molar-refractivity contribution in [3.05, 3.63) is 67.1 Å². The summed E-state index contributed by atoms with van der Waals surface area (Å²) in [6.07, 6.45) is -0.351. The SMILES string of the molecule is CCS(=O)c1ccc(Cl)cc1Cn1cnc2c(Br)c(CN3CCCCC3)c(C(F)(F)F)cc2c1=O. The molecule has 0 amide bonds. The standard InChI is InChI=1S/C24H24BrClF3N3O2S/c1-2-35(34)20-7-6-16(26)10-15(20)12-32-14-30-22-17(23(32)33)11-19(24(27,28)29)18(21(22)25)13-31-8-4-3-5-9-31/h6-7,10-11,14H,2-5,8-9,12-13H2,1H3. The predicted octanol–water partition coefficient (Wildman–Crippen LogP) is 5.99. The number of alkyl halides is 3. The molecule has 0 N–H and O–H groups in total. The summed E-state index contributed by atoms with van der Waals surface area (Å²) in [6.45, 7) is 3.36. The van der Waals surface area contributed by atoms with Crippen LogP contribution in [-0.4, -0.2) is 37.5 Å². The van der Waals surface area contributed by atoms with Gasteiger partial charge in [0.05, 0.1) is 40.1 Å². The third-order valence-corrected chi connectivity index (χ3v) is 8.67. The van der Waals surface area contributed by atoms with Crippen molar-refractivity contribution in [2.24, 2.45) is 0 Å². The molecule has 1 atom stereocenters. The van der Waals surface area contributed by atoms with Crippen LogP contribution >= 0.6 is 27.5 Å². The fraction of sp³-hybridized carbons (Fsp3) is 0.417. The largest absolute Gasteiger partial charge is 0.416 e. The number of rotatable bonds is 6. The molecule has 5 nitrogen and oxygen atoms in total. The second-order valence-corrected chi connectivity index (χ2v) is 11.4. The summed E-state index contributed by atoms with van der Waals surface area (Å²) in [5.41, 5.74) is -0.618. The molecule has 1 aromatic heterocycles. The first-order chi connectivity index (χ1) is 16.6. The van der Waals surface area contributed by atoms with Crippen molar-refractivity contribution in [2.45, 2.75) is 50.3 Å². The minimum absolute atomic E-state index is 0.0160. The maximum Gasteiger partial charge on any atom is 0.416 e. The van der Waals surface area contributed by atoms with Gasteiger partial charge in [-0.15, -0.1) is 0 Å². The number of likely N-dealkylation sites (tertiary alicyclic amines) is 1. The maximum atomic E-state index is 14.1. The van der Waals surface area contributed by atoms with Gasteiger partial charge < -0.3 is 0 Å². The van der Waals surface area contributed by atoms with Crippen molar-refractivity contribution in [2.75, 3.05) is 18.8 Å². The summed E-state index contributed by atoms with van der Waals surface area (Å²) in [7, 11) is -1.30. The number of halogens is 5. The van der Waals surface area contributed by atoms with Gasteiger partial charge in [-0.1, -0.05) is 24.9 Å². The number of aromatic nitrogens is 2. The van der Waals surface area contributed by atoms with E-state index in [-0.39, 0.29) is 34.0 Å². The normalized spacial score (nSPS) is 16.1. The van der Waals surface area contributed by atoms with Gasteiger partial charge in [-0.2, -0.15) is 13.2 Å². The highest BCUT2D eigenvalue weighted by molar-refractivity contribution is 9.10. The molecular weight excluding hydrogens is 567 g/mol. The van der Waals surface area contributed by atoms with Crippen molar-refractivity contribution in [1.29, 1.82) is 0 Å². The van der Waals surface area contributed by atoms with E-state index in [0.717, 1.165) is 38.4 Å². The summed E-state index contributed by atoms with van der Waals surface area (Å²) in [4.78, 5) is 20.2. The Balaban J connectivity index is 1.82. The first kappa shape index (κ1) is 26.3. The predicted molar refractivity (Wildman–Crippen MR) is 135 cm³/mol. The Morgan fingerprint density at radius 2 is 1.86 bits per heavy atom. The molecule has 1 fully saturated rings. The second-order valence-electron chi connectivity index (χ2n) is 8.51. The lowest BCUT2D eigenvalue weighted by atomic mass is 10.0. The molecule has 1 aliphatic rings. The van der Waals surface area contributed by atoms with E-state index >= 15 is 0 Å². The molecule has 0 aliphatic carbocycles. The van der Waals surface area contributed by atoms with E-state index in [9.17, 15) is 22.2 Å². The average molecular weight is 591 g/mol. The van der Waals surface area contributed by atoms with Gasteiger partial charge in [-0.3, -0.25) is 18.5 Å². The first-order valence-corrected chi connectivity index (χ1v) is 13.8. The molecule has 4 rings (SSSR count). The molecule has 0 saturated carbocycles. The van der Waals surface area contributed by atoms with Gasteiger partial charge in [-0.05, 0) is 77.3 Å². The van der Waals surface area contributed by atoms with Gasteiger partial charge in [0, 0.05) is 26.7 Å². The first-order valence-electron chi connectivity index (χ1n) is 11.3. The van der Waals surface area contributed by atoms with Crippen LogP contribution in [-0.2, 0) is 30.1 Å². The van der Waals surface area contributed by atoms with E-state index in [0.29, 0.717) is 21.2 Å². The monoisotopic (exact) mass is 589 g/mol. The molecular formula is C24H24BrClF3N3O2S. The minimum atomic E-state index is -4.63. The topological polar surface area (TPSA) is 55.2 Å². The summed E-state index contributed by atoms with van der Waals surface area (Å²) >= 11 is 9.45. The third-order valence-electron chi connectivity index (χ3n) is 6.17. The Kier molecular flexibility index (Phi) is 8.05. The molecule has 35 heavy (non-hydrogen) atoms. The Morgan fingerprint density at radius 1 is 1.14 bits per heavy atom. The number of benzene rings is 2. The van der Waals surface area contributed by atoms with Crippen LogP contribution in [0.2, 0.25) is 5.02 Å². The lowest BCUT2D eigenvalue weighted by Gasteiger charge is -2.28. The van der Waals surface area contributed by atoms with Crippen molar-refractivity contribution >= 4 is 49.2 Å². The average Bonchev–Trinajstić information content (AvgIpc) is 2.82. The lowest BCUT2D eigenvalue weighted by Crippen LogP contribution is -2.30. The molecule has 1 unspecified atom stereocenters. The number of hydrogen-bond acceptors (Lipinski definition) is 4. The van der Waals surface area contributed by atoms with Crippen LogP contribution in [0, 0.1) is 0 Å². The van der Waals surface area contributed by atoms with Crippen LogP contribution in [0.5, 0.6) is 0 Å². The van der Waals surface area contributed by atoms with Crippen molar-refractivity contribution in [3.8, 4) is 0 Å². The van der Waals surface area contributed by atoms with Crippen molar-refractivity contribution in [3.63, 3.8) is 0 Å². The summed E-state index contributed by atoms with van der Waals surface area (Å²) in [5.74, 6) is 0.376. The van der Waals surface area contributed by atoms with Crippen LogP contribution < -0.4 is 5.56 Å². The molecule has 0 spiro atoms. The van der Waals surface area contributed by atoms with Crippen LogP contribution in [0.1, 0.15) is 42.9 Å². The third kappa shape index (κ3) is 5.65. The Hall–Kier alpha value is -1.75. The second kappa shape index (κ2) is 10.7. The summed E-state index contributed by atoms with van der Waals surface area (Å²) < 4.78 is 56.2. The number of hydrogen-bond donors (Lipinski definition) is 0. The highest BCUT2D eigenvalue weighted by Gasteiger charge is 2.36. The van der Waals surface area contributed by atoms with Crippen LogP contribution in [0.4, 0.5) is 13.2 Å². The maximum absolute atomic E-state index is 14.1. The van der Waals surface area contributed by atoms with Crippen LogP contribution in [0.15, 0.2) is 44.8 Å². The fourth-order valence-electron chi connectivity index (χ4n) is 4.40. The van der Waals surface area contributed by atoms with E-state index < -0.39 is 28.1 Å². The smallest absolute Gasteiger partial charge is 0.299 e.